The molecule has 2 aromatic rings. The summed E-state index contributed by atoms with van der Waals surface area (Å²) in [5, 5.41) is 4.09. The maximum Gasteiger partial charge on any atom is 0.168 e. The third-order valence-electron chi connectivity index (χ3n) is 3.02. The second-order valence-electron chi connectivity index (χ2n) is 4.30. The molecule has 0 aliphatic heterocycles. The minimum absolute atomic E-state index is 0.199. The number of aromatic nitrogens is 2. The summed E-state index contributed by atoms with van der Waals surface area (Å²) < 4.78 is 20.7. The molecule has 0 saturated heterocycles. The van der Waals surface area contributed by atoms with Gasteiger partial charge in [-0.05, 0) is 18.1 Å². The van der Waals surface area contributed by atoms with Crippen molar-refractivity contribution in [2.24, 2.45) is 12.9 Å². The van der Waals surface area contributed by atoms with Gasteiger partial charge in [-0.2, -0.15) is 5.10 Å². The normalized spacial score (nSPS) is 12.4. The molecule has 0 saturated carbocycles. The second-order valence-corrected chi connectivity index (χ2v) is 4.30. The molecule has 0 fully saturated rings. The van der Waals surface area contributed by atoms with Crippen LogP contribution in [-0.2, 0) is 13.5 Å². The third kappa shape index (κ3) is 2.91. The number of aryl methyl sites for hydroxylation is 1. The van der Waals surface area contributed by atoms with Gasteiger partial charge in [0.05, 0.1) is 19.3 Å². The van der Waals surface area contributed by atoms with Crippen LogP contribution in [0.1, 0.15) is 17.2 Å². The van der Waals surface area contributed by atoms with Crippen molar-refractivity contribution >= 4 is 0 Å². The van der Waals surface area contributed by atoms with Crippen molar-refractivity contribution in [3.63, 3.8) is 0 Å². The Bertz CT molecular complexity index is 555. The first-order valence-electron chi connectivity index (χ1n) is 5.91. The average Bonchev–Trinajstić information content (AvgIpc) is 2.84. The van der Waals surface area contributed by atoms with E-state index in [4.69, 9.17) is 10.6 Å². The van der Waals surface area contributed by atoms with Crippen LogP contribution in [0.4, 0.5) is 4.39 Å². The lowest BCUT2D eigenvalue weighted by molar-refractivity contribution is 0.382. The third-order valence-corrected chi connectivity index (χ3v) is 3.02. The standard InChI is InChI=1S/C13H17FN4O/c1-18-8-10(7-16-18)11(17-15)6-9-4-3-5-12(19-2)13(9)14/h3-5,7-8,11,17H,6,15H2,1-2H3. The molecule has 1 heterocycles. The zero-order chi connectivity index (χ0) is 13.8. The lowest BCUT2D eigenvalue weighted by Crippen LogP contribution is -2.29. The highest BCUT2D eigenvalue weighted by molar-refractivity contribution is 5.32. The maximum absolute atomic E-state index is 14.1. The zero-order valence-corrected chi connectivity index (χ0v) is 10.9. The van der Waals surface area contributed by atoms with Crippen molar-refractivity contribution in [1.82, 2.24) is 15.2 Å². The molecule has 0 aliphatic carbocycles. The molecule has 1 atom stereocenters. The molecular weight excluding hydrogens is 247 g/mol. The fraction of sp³-hybridized carbons (Fsp3) is 0.308. The molecule has 2 rings (SSSR count). The number of halogens is 1. The number of nitrogens with one attached hydrogen (secondary N) is 1. The number of benzene rings is 1. The van der Waals surface area contributed by atoms with Gasteiger partial charge in [-0.3, -0.25) is 16.0 Å². The maximum atomic E-state index is 14.1. The Kier molecular flexibility index (Phi) is 4.13. The Morgan fingerprint density at radius 1 is 1.53 bits per heavy atom. The lowest BCUT2D eigenvalue weighted by atomic mass is 10.0. The Morgan fingerprint density at radius 3 is 2.89 bits per heavy atom. The molecular formula is C13H17FN4O. The number of ether oxygens (including phenoxy) is 1. The molecule has 1 aromatic heterocycles. The average molecular weight is 264 g/mol. The summed E-state index contributed by atoms with van der Waals surface area (Å²) in [6.07, 6.45) is 3.98. The largest absolute Gasteiger partial charge is 0.494 e. The Morgan fingerprint density at radius 2 is 2.32 bits per heavy atom. The van der Waals surface area contributed by atoms with Crippen molar-refractivity contribution in [2.45, 2.75) is 12.5 Å². The number of hydrogen-bond donors (Lipinski definition) is 2. The van der Waals surface area contributed by atoms with E-state index >= 15 is 0 Å². The van der Waals surface area contributed by atoms with Crippen LogP contribution in [0.5, 0.6) is 5.75 Å². The van der Waals surface area contributed by atoms with E-state index in [1.807, 2.05) is 13.2 Å². The van der Waals surface area contributed by atoms with E-state index in [2.05, 4.69) is 10.5 Å². The predicted molar refractivity (Wildman–Crippen MR) is 69.9 cm³/mol. The van der Waals surface area contributed by atoms with Crippen LogP contribution in [0.3, 0.4) is 0 Å². The van der Waals surface area contributed by atoms with Gasteiger partial charge in [-0.1, -0.05) is 12.1 Å². The molecule has 0 bridgehead atoms. The first kappa shape index (κ1) is 13.5. The lowest BCUT2D eigenvalue weighted by Gasteiger charge is -2.15. The molecule has 3 N–H and O–H groups in total. The number of nitrogens with two attached hydrogens (primary N) is 1. The van der Waals surface area contributed by atoms with Crippen LogP contribution in [0.15, 0.2) is 30.6 Å². The molecule has 19 heavy (non-hydrogen) atoms. The summed E-state index contributed by atoms with van der Waals surface area (Å²) in [4.78, 5) is 0. The Hall–Kier alpha value is -1.92. The van der Waals surface area contributed by atoms with Gasteiger partial charge in [0.2, 0.25) is 0 Å². The van der Waals surface area contributed by atoms with Gasteiger partial charge in [-0.15, -0.1) is 0 Å². The molecule has 0 radical (unpaired) electrons. The summed E-state index contributed by atoms with van der Waals surface area (Å²) in [6.45, 7) is 0. The van der Waals surface area contributed by atoms with Gasteiger partial charge in [0.25, 0.3) is 0 Å². The van der Waals surface area contributed by atoms with E-state index in [9.17, 15) is 4.39 Å². The number of hydrazine groups is 1. The van der Waals surface area contributed by atoms with Crippen LogP contribution in [-0.4, -0.2) is 16.9 Å². The van der Waals surface area contributed by atoms with Crippen LogP contribution in [0.2, 0.25) is 0 Å². The summed E-state index contributed by atoms with van der Waals surface area (Å²) >= 11 is 0. The molecule has 1 unspecified atom stereocenters. The quantitative estimate of drug-likeness (QED) is 0.631. The van der Waals surface area contributed by atoms with Gasteiger partial charge in [0.15, 0.2) is 11.6 Å². The van der Waals surface area contributed by atoms with Crippen molar-refractivity contribution < 1.29 is 9.13 Å². The molecule has 0 spiro atoms. The van der Waals surface area contributed by atoms with E-state index in [1.165, 1.54) is 7.11 Å². The van der Waals surface area contributed by atoms with Crippen LogP contribution in [0, 0.1) is 5.82 Å². The summed E-state index contributed by atoms with van der Waals surface area (Å²) in [5.74, 6) is 5.42. The van der Waals surface area contributed by atoms with E-state index < -0.39 is 0 Å². The van der Waals surface area contributed by atoms with E-state index in [1.54, 1.807) is 29.1 Å². The first-order chi connectivity index (χ1) is 9.15. The SMILES string of the molecule is COc1cccc(CC(NN)c2cnn(C)c2)c1F. The summed E-state index contributed by atoms with van der Waals surface area (Å²) in [5.41, 5.74) is 4.14. The predicted octanol–water partition coefficient (Wildman–Crippen LogP) is 1.31. The Labute approximate surface area is 111 Å². The number of methoxy groups -OCH3 is 1. The van der Waals surface area contributed by atoms with Gasteiger partial charge >= 0.3 is 0 Å². The van der Waals surface area contributed by atoms with Crippen LogP contribution >= 0.6 is 0 Å². The molecule has 0 aliphatic rings. The molecule has 102 valence electrons. The number of rotatable bonds is 5. The monoisotopic (exact) mass is 264 g/mol. The van der Waals surface area contributed by atoms with Gasteiger partial charge < -0.3 is 4.74 Å². The van der Waals surface area contributed by atoms with Crippen LogP contribution < -0.4 is 16.0 Å². The number of nitrogens with zero attached hydrogens (tertiary/aromatic N) is 2. The molecule has 1 aromatic carbocycles. The van der Waals surface area contributed by atoms with E-state index in [0.29, 0.717) is 12.0 Å². The summed E-state index contributed by atoms with van der Waals surface area (Å²) in [7, 11) is 3.27. The minimum atomic E-state index is -0.353. The van der Waals surface area contributed by atoms with Crippen LogP contribution in [0.25, 0.3) is 0 Å². The minimum Gasteiger partial charge on any atom is -0.494 e. The van der Waals surface area contributed by atoms with Gasteiger partial charge in [0, 0.05) is 18.8 Å². The van der Waals surface area contributed by atoms with E-state index in [-0.39, 0.29) is 17.6 Å². The highest BCUT2D eigenvalue weighted by Gasteiger charge is 2.16. The van der Waals surface area contributed by atoms with Gasteiger partial charge in [-0.25, -0.2) is 4.39 Å². The smallest absolute Gasteiger partial charge is 0.168 e. The van der Waals surface area contributed by atoms with Gasteiger partial charge in [0.1, 0.15) is 0 Å². The Balaban J connectivity index is 2.23. The highest BCUT2D eigenvalue weighted by atomic mass is 19.1. The van der Waals surface area contributed by atoms with Crippen molar-refractivity contribution in [3.8, 4) is 5.75 Å². The molecule has 6 heteroatoms. The zero-order valence-electron chi connectivity index (χ0n) is 10.9. The number of hydrogen-bond acceptors (Lipinski definition) is 4. The van der Waals surface area contributed by atoms with Crippen molar-refractivity contribution in [1.29, 1.82) is 0 Å². The van der Waals surface area contributed by atoms with Crippen molar-refractivity contribution in [2.75, 3.05) is 7.11 Å². The van der Waals surface area contributed by atoms with E-state index in [0.717, 1.165) is 5.56 Å². The first-order valence-corrected chi connectivity index (χ1v) is 5.91. The van der Waals surface area contributed by atoms with Crippen molar-refractivity contribution in [3.05, 3.63) is 47.5 Å². The topological polar surface area (TPSA) is 65.1 Å². The second kappa shape index (κ2) is 5.81. The molecule has 5 nitrogen and oxygen atoms in total. The fourth-order valence-electron chi connectivity index (χ4n) is 1.98. The summed E-state index contributed by atoms with van der Waals surface area (Å²) in [6, 6.07) is 4.87. The fourth-order valence-corrected chi connectivity index (χ4v) is 1.98. The molecule has 0 amide bonds. The highest BCUT2D eigenvalue weighted by Crippen LogP contribution is 2.24.